The van der Waals surface area contributed by atoms with Crippen molar-refractivity contribution >= 4 is 11.7 Å². The van der Waals surface area contributed by atoms with Crippen molar-refractivity contribution in [2.75, 3.05) is 12.4 Å². The normalized spacial score (nSPS) is 11.3. The van der Waals surface area contributed by atoms with Gasteiger partial charge in [-0.15, -0.1) is 0 Å². The number of hydrogen-bond acceptors (Lipinski definition) is 4. The SMILES string of the molecule is COc1ccc(-n2nc(C(F)(F)F)cc2CNC(=O)Nc2ccc(CO)c(F)c2)cc1F. The number of aliphatic hydroxyl groups is 1. The first-order valence-electron chi connectivity index (χ1n) is 9.06. The van der Waals surface area contributed by atoms with Crippen LogP contribution in [0.5, 0.6) is 5.75 Å². The lowest BCUT2D eigenvalue weighted by Gasteiger charge is -2.11. The number of aromatic nitrogens is 2. The number of aliphatic hydroxyl groups excluding tert-OH is 1. The zero-order chi connectivity index (χ0) is 23.5. The maximum absolute atomic E-state index is 14.0. The van der Waals surface area contributed by atoms with E-state index in [1.165, 1.54) is 31.4 Å². The number of urea groups is 1. The Morgan fingerprint density at radius 1 is 1.12 bits per heavy atom. The third-order valence-electron chi connectivity index (χ3n) is 4.36. The van der Waals surface area contributed by atoms with Crippen LogP contribution in [-0.2, 0) is 19.3 Å². The second-order valence-corrected chi connectivity index (χ2v) is 6.52. The van der Waals surface area contributed by atoms with Gasteiger partial charge in [0.15, 0.2) is 17.3 Å². The van der Waals surface area contributed by atoms with Crippen LogP contribution in [-0.4, -0.2) is 28.0 Å². The molecular weight excluding hydrogens is 439 g/mol. The molecule has 2 aromatic carbocycles. The van der Waals surface area contributed by atoms with E-state index in [0.29, 0.717) is 0 Å². The molecule has 12 heteroatoms. The summed E-state index contributed by atoms with van der Waals surface area (Å²) in [6.07, 6.45) is -4.76. The second-order valence-electron chi connectivity index (χ2n) is 6.52. The van der Waals surface area contributed by atoms with E-state index in [-0.39, 0.29) is 28.4 Å². The summed E-state index contributed by atoms with van der Waals surface area (Å²) in [5.74, 6) is -1.64. The summed E-state index contributed by atoms with van der Waals surface area (Å²) in [5, 5.41) is 17.1. The van der Waals surface area contributed by atoms with E-state index < -0.39 is 42.7 Å². The van der Waals surface area contributed by atoms with Crippen molar-refractivity contribution in [1.82, 2.24) is 15.1 Å². The highest BCUT2D eigenvalue weighted by atomic mass is 19.4. The standard InChI is InChI=1S/C20H17F5N4O3/c1-32-17-5-4-13(7-16(17)22)29-14(8-18(28-29)20(23,24)25)9-26-19(31)27-12-3-2-11(10-30)15(21)6-12/h2-8,30H,9-10H2,1H3,(H2,26,27,31). The number of nitrogens with zero attached hydrogens (tertiary/aromatic N) is 2. The Kier molecular flexibility index (Phi) is 6.63. The monoisotopic (exact) mass is 456 g/mol. The Bertz CT molecular complexity index is 1130. The minimum absolute atomic E-state index is 0.0160. The summed E-state index contributed by atoms with van der Waals surface area (Å²) >= 11 is 0. The van der Waals surface area contributed by atoms with Crippen LogP contribution in [0, 0.1) is 11.6 Å². The van der Waals surface area contributed by atoms with Gasteiger partial charge in [-0.2, -0.15) is 18.3 Å². The molecule has 0 fully saturated rings. The van der Waals surface area contributed by atoms with Gasteiger partial charge in [0.25, 0.3) is 0 Å². The molecule has 0 atom stereocenters. The number of carbonyl (C=O) groups is 1. The smallest absolute Gasteiger partial charge is 0.435 e. The lowest BCUT2D eigenvalue weighted by Crippen LogP contribution is -2.29. The summed E-state index contributed by atoms with van der Waals surface area (Å²) in [6.45, 7) is -0.921. The fraction of sp³-hybridized carbons (Fsp3) is 0.200. The Morgan fingerprint density at radius 3 is 2.47 bits per heavy atom. The molecule has 0 saturated heterocycles. The second kappa shape index (κ2) is 9.22. The average molecular weight is 456 g/mol. The van der Waals surface area contributed by atoms with Gasteiger partial charge in [0.1, 0.15) is 5.82 Å². The van der Waals surface area contributed by atoms with Gasteiger partial charge < -0.3 is 20.5 Å². The van der Waals surface area contributed by atoms with Gasteiger partial charge in [0.2, 0.25) is 0 Å². The minimum atomic E-state index is -4.76. The highest BCUT2D eigenvalue weighted by Crippen LogP contribution is 2.30. The number of benzene rings is 2. The molecule has 0 radical (unpaired) electrons. The number of hydrogen-bond donors (Lipinski definition) is 3. The molecule has 3 aromatic rings. The highest BCUT2D eigenvalue weighted by molar-refractivity contribution is 5.89. The van der Waals surface area contributed by atoms with E-state index in [9.17, 15) is 26.7 Å². The van der Waals surface area contributed by atoms with Gasteiger partial charge in [0, 0.05) is 17.3 Å². The molecule has 0 aliphatic rings. The topological polar surface area (TPSA) is 88.4 Å². The number of anilines is 1. The Morgan fingerprint density at radius 2 is 1.88 bits per heavy atom. The first-order valence-corrected chi connectivity index (χ1v) is 9.06. The lowest BCUT2D eigenvalue weighted by molar-refractivity contribution is -0.141. The van der Waals surface area contributed by atoms with Gasteiger partial charge >= 0.3 is 12.2 Å². The number of carbonyl (C=O) groups excluding carboxylic acids is 1. The quantitative estimate of drug-likeness (QED) is 0.490. The van der Waals surface area contributed by atoms with E-state index in [4.69, 9.17) is 9.84 Å². The molecule has 32 heavy (non-hydrogen) atoms. The van der Waals surface area contributed by atoms with Crippen LogP contribution < -0.4 is 15.4 Å². The maximum atomic E-state index is 14.0. The molecule has 0 spiro atoms. The van der Waals surface area contributed by atoms with Crippen molar-refractivity contribution in [2.24, 2.45) is 0 Å². The molecule has 1 aromatic heterocycles. The minimum Gasteiger partial charge on any atom is -0.494 e. The summed E-state index contributed by atoms with van der Waals surface area (Å²) in [6, 6.07) is 6.98. The molecular formula is C20H17F5N4O3. The van der Waals surface area contributed by atoms with Gasteiger partial charge in [0.05, 0.1) is 31.6 Å². The molecule has 7 nitrogen and oxygen atoms in total. The van der Waals surface area contributed by atoms with Gasteiger partial charge in [-0.25, -0.2) is 18.3 Å². The molecule has 170 valence electrons. The zero-order valence-corrected chi connectivity index (χ0v) is 16.5. The molecule has 1 heterocycles. The zero-order valence-electron chi connectivity index (χ0n) is 16.5. The molecule has 0 bridgehead atoms. The number of rotatable bonds is 6. The van der Waals surface area contributed by atoms with Crippen molar-refractivity contribution in [3.05, 3.63) is 71.1 Å². The molecule has 2 amide bonds. The first kappa shape index (κ1) is 23.0. The highest BCUT2D eigenvalue weighted by Gasteiger charge is 2.35. The Hall–Kier alpha value is -3.67. The predicted octanol–water partition coefficient (Wildman–Crippen LogP) is 3.99. The van der Waals surface area contributed by atoms with E-state index >= 15 is 0 Å². The summed E-state index contributed by atoms with van der Waals surface area (Å²) in [4.78, 5) is 12.1. The van der Waals surface area contributed by atoms with Crippen molar-refractivity contribution in [3.8, 4) is 11.4 Å². The van der Waals surface area contributed by atoms with Crippen LogP contribution in [0.15, 0.2) is 42.5 Å². The largest absolute Gasteiger partial charge is 0.494 e. The summed E-state index contributed by atoms with van der Waals surface area (Å²) < 4.78 is 72.9. The number of ether oxygens (including phenoxy) is 1. The fourth-order valence-electron chi connectivity index (χ4n) is 2.79. The van der Waals surface area contributed by atoms with Gasteiger partial charge in [-0.1, -0.05) is 6.07 Å². The van der Waals surface area contributed by atoms with Crippen molar-refractivity contribution in [2.45, 2.75) is 19.3 Å². The van der Waals surface area contributed by atoms with Crippen molar-refractivity contribution < 1.29 is 36.6 Å². The predicted molar refractivity (Wildman–Crippen MR) is 103 cm³/mol. The van der Waals surface area contributed by atoms with Gasteiger partial charge in [-0.05, 0) is 30.3 Å². The molecule has 0 unspecified atom stereocenters. The van der Waals surface area contributed by atoms with E-state index in [2.05, 4.69) is 15.7 Å². The number of nitrogens with one attached hydrogen (secondary N) is 2. The van der Waals surface area contributed by atoms with Crippen molar-refractivity contribution in [1.29, 1.82) is 0 Å². The molecule has 3 N–H and O–H groups in total. The van der Waals surface area contributed by atoms with Crippen LogP contribution in [0.25, 0.3) is 5.69 Å². The molecule has 0 saturated carbocycles. The Labute approximate surface area is 178 Å². The van der Waals surface area contributed by atoms with Crippen LogP contribution in [0.1, 0.15) is 17.0 Å². The number of amides is 2. The molecule has 0 aliphatic heterocycles. The molecule has 3 rings (SSSR count). The lowest BCUT2D eigenvalue weighted by atomic mass is 10.2. The summed E-state index contributed by atoms with van der Waals surface area (Å²) in [5.41, 5.74) is -1.23. The van der Waals surface area contributed by atoms with Gasteiger partial charge in [-0.3, -0.25) is 0 Å². The summed E-state index contributed by atoms with van der Waals surface area (Å²) in [7, 11) is 1.24. The first-order chi connectivity index (χ1) is 15.1. The van der Waals surface area contributed by atoms with Crippen LogP contribution >= 0.6 is 0 Å². The van der Waals surface area contributed by atoms with E-state index in [1.54, 1.807) is 0 Å². The maximum Gasteiger partial charge on any atom is 0.435 e. The fourth-order valence-corrected chi connectivity index (χ4v) is 2.79. The van der Waals surface area contributed by atoms with E-state index in [0.717, 1.165) is 22.9 Å². The number of alkyl halides is 3. The van der Waals surface area contributed by atoms with Crippen LogP contribution in [0.2, 0.25) is 0 Å². The van der Waals surface area contributed by atoms with Crippen LogP contribution in [0.4, 0.5) is 32.4 Å². The van der Waals surface area contributed by atoms with Crippen LogP contribution in [0.3, 0.4) is 0 Å². The Balaban J connectivity index is 1.81. The number of methoxy groups -OCH3 is 1. The van der Waals surface area contributed by atoms with E-state index in [1.807, 2.05) is 0 Å². The third-order valence-corrected chi connectivity index (χ3v) is 4.36. The molecule has 0 aliphatic carbocycles. The van der Waals surface area contributed by atoms with Crippen molar-refractivity contribution in [3.63, 3.8) is 0 Å². The average Bonchev–Trinajstić information content (AvgIpc) is 3.17. The third kappa shape index (κ3) is 5.14. The number of halogens is 5.